The molecule has 4 heteroatoms. The zero-order valence-electron chi connectivity index (χ0n) is 12.9. The zero-order valence-corrected chi connectivity index (χ0v) is 12.9. The third-order valence-corrected chi connectivity index (χ3v) is 3.45. The highest BCUT2D eigenvalue weighted by molar-refractivity contribution is 6.05. The van der Waals surface area contributed by atoms with Crippen LogP contribution in [0.1, 0.15) is 17.3 Å². The molecule has 23 heavy (non-hydrogen) atoms. The predicted molar refractivity (Wildman–Crippen MR) is 91.3 cm³/mol. The molecule has 1 N–H and O–H groups in total. The van der Waals surface area contributed by atoms with Gasteiger partial charge in [-0.1, -0.05) is 18.2 Å². The summed E-state index contributed by atoms with van der Waals surface area (Å²) in [5.74, 6) is 0.510. The van der Waals surface area contributed by atoms with E-state index in [1.54, 1.807) is 6.07 Å². The second kappa shape index (κ2) is 6.83. The van der Waals surface area contributed by atoms with Gasteiger partial charge in [0.25, 0.3) is 5.91 Å². The maximum Gasteiger partial charge on any atom is 0.255 e. The molecule has 4 nitrogen and oxygen atoms in total. The van der Waals surface area contributed by atoms with Crippen molar-refractivity contribution in [2.75, 3.05) is 11.9 Å². The second-order valence-electron chi connectivity index (χ2n) is 5.02. The van der Waals surface area contributed by atoms with Crippen molar-refractivity contribution < 1.29 is 9.53 Å². The number of anilines is 1. The second-order valence-corrected chi connectivity index (χ2v) is 5.02. The molecule has 0 aliphatic carbocycles. The maximum absolute atomic E-state index is 12.5. The Kier molecular flexibility index (Phi) is 4.43. The molecule has 0 aliphatic rings. The van der Waals surface area contributed by atoms with Gasteiger partial charge in [0.05, 0.1) is 12.3 Å². The molecule has 2 aromatic carbocycles. The number of hydrogen-bond acceptors (Lipinski definition) is 2. The van der Waals surface area contributed by atoms with E-state index in [0.717, 1.165) is 5.69 Å². The maximum atomic E-state index is 12.5. The smallest absolute Gasteiger partial charge is 0.255 e. The first-order valence-corrected chi connectivity index (χ1v) is 7.54. The van der Waals surface area contributed by atoms with E-state index in [9.17, 15) is 4.79 Å². The Labute approximate surface area is 135 Å². The summed E-state index contributed by atoms with van der Waals surface area (Å²) in [7, 11) is 0. The summed E-state index contributed by atoms with van der Waals surface area (Å²) in [4.78, 5) is 12.5. The van der Waals surface area contributed by atoms with Crippen LogP contribution in [0.2, 0.25) is 0 Å². The fourth-order valence-corrected chi connectivity index (χ4v) is 2.36. The summed E-state index contributed by atoms with van der Waals surface area (Å²) in [6.45, 7) is 2.47. The minimum absolute atomic E-state index is 0.161. The standard InChI is InChI=1S/C19H18N2O2/c1-2-23-18-11-4-3-10-17(18)20-19(22)15-8-7-9-16(14-15)21-12-5-6-13-21/h3-14H,2H2,1H3,(H,20,22). The number of nitrogens with one attached hydrogen (secondary N) is 1. The number of carbonyl (C=O) groups excluding carboxylic acids is 1. The van der Waals surface area contributed by atoms with Crippen molar-refractivity contribution in [2.24, 2.45) is 0 Å². The molecule has 0 aliphatic heterocycles. The van der Waals surface area contributed by atoms with Crippen LogP contribution in [0.5, 0.6) is 5.75 Å². The monoisotopic (exact) mass is 306 g/mol. The van der Waals surface area contributed by atoms with Crippen LogP contribution in [-0.4, -0.2) is 17.1 Å². The number of ether oxygens (including phenoxy) is 1. The highest BCUT2D eigenvalue weighted by atomic mass is 16.5. The number of amides is 1. The number of carbonyl (C=O) groups is 1. The van der Waals surface area contributed by atoms with Crippen LogP contribution in [0, 0.1) is 0 Å². The fourth-order valence-electron chi connectivity index (χ4n) is 2.36. The quantitative estimate of drug-likeness (QED) is 0.770. The van der Waals surface area contributed by atoms with Crippen molar-refractivity contribution in [2.45, 2.75) is 6.92 Å². The topological polar surface area (TPSA) is 43.3 Å². The molecule has 0 bridgehead atoms. The third kappa shape index (κ3) is 3.43. The Morgan fingerprint density at radius 1 is 1.04 bits per heavy atom. The van der Waals surface area contributed by atoms with E-state index in [1.807, 2.05) is 78.5 Å². The van der Waals surface area contributed by atoms with Gasteiger partial charge in [-0.25, -0.2) is 0 Å². The number of para-hydroxylation sites is 2. The fraction of sp³-hybridized carbons (Fsp3) is 0.105. The first-order chi connectivity index (χ1) is 11.3. The van der Waals surface area contributed by atoms with Gasteiger partial charge in [-0.15, -0.1) is 0 Å². The van der Waals surface area contributed by atoms with E-state index < -0.39 is 0 Å². The Balaban J connectivity index is 1.83. The van der Waals surface area contributed by atoms with E-state index in [1.165, 1.54) is 0 Å². The van der Waals surface area contributed by atoms with Crippen molar-refractivity contribution in [1.29, 1.82) is 0 Å². The number of rotatable bonds is 5. The van der Waals surface area contributed by atoms with Crippen LogP contribution < -0.4 is 10.1 Å². The molecule has 0 unspecified atom stereocenters. The van der Waals surface area contributed by atoms with Crippen LogP contribution in [0.4, 0.5) is 5.69 Å². The Hall–Kier alpha value is -3.01. The molecule has 1 heterocycles. The lowest BCUT2D eigenvalue weighted by molar-refractivity contribution is 0.102. The zero-order chi connectivity index (χ0) is 16.1. The Bertz CT molecular complexity index is 795. The first kappa shape index (κ1) is 14.9. The van der Waals surface area contributed by atoms with Crippen molar-refractivity contribution in [3.8, 4) is 11.4 Å². The van der Waals surface area contributed by atoms with Gasteiger partial charge >= 0.3 is 0 Å². The molecule has 1 aromatic heterocycles. The third-order valence-electron chi connectivity index (χ3n) is 3.45. The molecule has 3 rings (SSSR count). The van der Waals surface area contributed by atoms with Crippen LogP contribution >= 0.6 is 0 Å². The van der Waals surface area contributed by atoms with Gasteiger partial charge in [0.1, 0.15) is 5.75 Å². The minimum Gasteiger partial charge on any atom is -0.492 e. The molecule has 0 saturated heterocycles. The van der Waals surface area contributed by atoms with Gasteiger partial charge in [0.15, 0.2) is 0 Å². The van der Waals surface area contributed by atoms with Crippen LogP contribution in [-0.2, 0) is 0 Å². The molecular weight excluding hydrogens is 288 g/mol. The molecule has 1 amide bonds. The van der Waals surface area contributed by atoms with Crippen LogP contribution in [0.25, 0.3) is 5.69 Å². The highest BCUT2D eigenvalue weighted by Gasteiger charge is 2.10. The summed E-state index contributed by atoms with van der Waals surface area (Å²) < 4.78 is 7.50. The lowest BCUT2D eigenvalue weighted by Crippen LogP contribution is -2.13. The number of nitrogens with zero attached hydrogens (tertiary/aromatic N) is 1. The normalized spacial score (nSPS) is 10.3. The summed E-state index contributed by atoms with van der Waals surface area (Å²) in [5, 5.41) is 2.91. The predicted octanol–water partition coefficient (Wildman–Crippen LogP) is 4.13. The molecule has 0 fully saturated rings. The van der Waals surface area contributed by atoms with E-state index >= 15 is 0 Å². The first-order valence-electron chi connectivity index (χ1n) is 7.54. The van der Waals surface area contributed by atoms with Gasteiger partial charge in [-0.05, 0) is 49.4 Å². The summed E-state index contributed by atoms with van der Waals surface area (Å²) >= 11 is 0. The van der Waals surface area contributed by atoms with Gasteiger partial charge in [0.2, 0.25) is 0 Å². The average Bonchev–Trinajstić information content (AvgIpc) is 3.11. The largest absolute Gasteiger partial charge is 0.492 e. The molecule has 0 radical (unpaired) electrons. The molecular formula is C19H18N2O2. The number of aromatic nitrogens is 1. The lowest BCUT2D eigenvalue weighted by atomic mass is 10.1. The SMILES string of the molecule is CCOc1ccccc1NC(=O)c1cccc(-n2cccc2)c1. The number of benzene rings is 2. The average molecular weight is 306 g/mol. The summed E-state index contributed by atoms with van der Waals surface area (Å²) in [5.41, 5.74) is 2.22. The van der Waals surface area contributed by atoms with E-state index in [0.29, 0.717) is 23.6 Å². The van der Waals surface area contributed by atoms with Crippen molar-refractivity contribution in [1.82, 2.24) is 4.57 Å². The molecule has 0 saturated carbocycles. The van der Waals surface area contributed by atoms with Gasteiger partial charge in [0, 0.05) is 23.6 Å². The molecule has 0 atom stereocenters. The molecule has 0 spiro atoms. The molecule has 3 aromatic rings. The van der Waals surface area contributed by atoms with Gasteiger partial charge in [-0.3, -0.25) is 4.79 Å². The van der Waals surface area contributed by atoms with Crippen LogP contribution in [0.3, 0.4) is 0 Å². The van der Waals surface area contributed by atoms with Gasteiger partial charge < -0.3 is 14.6 Å². The Morgan fingerprint density at radius 2 is 1.83 bits per heavy atom. The Morgan fingerprint density at radius 3 is 2.61 bits per heavy atom. The molecule has 116 valence electrons. The highest BCUT2D eigenvalue weighted by Crippen LogP contribution is 2.24. The van der Waals surface area contributed by atoms with Crippen LogP contribution in [0.15, 0.2) is 73.1 Å². The number of hydrogen-bond donors (Lipinski definition) is 1. The van der Waals surface area contributed by atoms with Crippen molar-refractivity contribution in [3.63, 3.8) is 0 Å². The van der Waals surface area contributed by atoms with E-state index in [4.69, 9.17) is 4.74 Å². The summed E-state index contributed by atoms with van der Waals surface area (Å²) in [6.07, 6.45) is 3.89. The minimum atomic E-state index is -0.161. The van der Waals surface area contributed by atoms with Crippen molar-refractivity contribution in [3.05, 3.63) is 78.6 Å². The van der Waals surface area contributed by atoms with Crippen molar-refractivity contribution >= 4 is 11.6 Å². The lowest BCUT2D eigenvalue weighted by Gasteiger charge is -2.12. The van der Waals surface area contributed by atoms with E-state index in [-0.39, 0.29) is 5.91 Å². The van der Waals surface area contributed by atoms with Gasteiger partial charge in [-0.2, -0.15) is 0 Å². The summed E-state index contributed by atoms with van der Waals surface area (Å²) in [6, 6.07) is 18.8. The van der Waals surface area contributed by atoms with E-state index in [2.05, 4.69) is 5.32 Å².